The Balaban J connectivity index is 1.58. The molecule has 4 atom stereocenters. The second-order valence-corrected chi connectivity index (χ2v) is 6.60. The Kier molecular flexibility index (Phi) is 2.73. The smallest absolute Gasteiger partial charge is 0.00826 e. The molecule has 3 N–H and O–H groups in total. The van der Waals surface area contributed by atoms with Crippen LogP contribution in [0, 0.1) is 17.3 Å². The molecule has 1 aliphatic carbocycles. The molecule has 16 heavy (non-hydrogen) atoms. The van der Waals surface area contributed by atoms with E-state index in [0.717, 1.165) is 11.8 Å². The summed E-state index contributed by atoms with van der Waals surface area (Å²) in [7, 11) is 0. The van der Waals surface area contributed by atoms with Gasteiger partial charge in [0.25, 0.3) is 0 Å². The zero-order valence-corrected chi connectivity index (χ0v) is 10.4. The lowest BCUT2D eigenvalue weighted by molar-refractivity contribution is 0.196. The Labute approximate surface area is 98.8 Å². The quantitative estimate of drug-likeness (QED) is 0.722. The molecule has 0 aromatic rings. The van der Waals surface area contributed by atoms with E-state index >= 15 is 0 Å². The summed E-state index contributed by atoms with van der Waals surface area (Å²) in [5, 5.41) is 3.49. The third-order valence-electron chi connectivity index (χ3n) is 5.05. The Bertz CT molecular complexity index is 260. The van der Waals surface area contributed by atoms with Crippen molar-refractivity contribution >= 4 is 0 Å². The molecular formula is C13H25N3. The van der Waals surface area contributed by atoms with Gasteiger partial charge in [-0.15, -0.1) is 0 Å². The highest BCUT2D eigenvalue weighted by Gasteiger charge is 2.42. The van der Waals surface area contributed by atoms with Crippen molar-refractivity contribution in [1.82, 2.24) is 10.2 Å². The largest absolute Gasteiger partial charge is 0.327 e. The molecule has 0 amide bonds. The summed E-state index contributed by atoms with van der Waals surface area (Å²) in [6, 6.07) is 0.490. The van der Waals surface area contributed by atoms with Crippen molar-refractivity contribution in [2.24, 2.45) is 23.0 Å². The minimum Gasteiger partial charge on any atom is -0.327 e. The second kappa shape index (κ2) is 3.97. The maximum absolute atomic E-state index is 6.18. The summed E-state index contributed by atoms with van der Waals surface area (Å²) in [4.78, 5) is 2.68. The Morgan fingerprint density at radius 1 is 1.38 bits per heavy atom. The Morgan fingerprint density at radius 3 is 2.94 bits per heavy atom. The molecule has 0 radical (unpaired) electrons. The third kappa shape index (κ3) is 1.89. The van der Waals surface area contributed by atoms with Crippen LogP contribution < -0.4 is 11.1 Å². The molecule has 92 valence electrons. The molecule has 2 heterocycles. The number of fused-ring (bicyclic) bond motifs is 1. The van der Waals surface area contributed by atoms with E-state index in [-0.39, 0.29) is 0 Å². The van der Waals surface area contributed by atoms with Crippen LogP contribution in [-0.4, -0.2) is 43.7 Å². The molecule has 3 aliphatic rings. The molecule has 0 aromatic carbocycles. The normalized spacial score (nSPS) is 48.8. The van der Waals surface area contributed by atoms with Gasteiger partial charge >= 0.3 is 0 Å². The first-order valence-electron chi connectivity index (χ1n) is 6.85. The first-order chi connectivity index (χ1) is 7.66. The van der Waals surface area contributed by atoms with Gasteiger partial charge in [-0.1, -0.05) is 6.92 Å². The van der Waals surface area contributed by atoms with Gasteiger partial charge in [0.1, 0.15) is 0 Å². The molecule has 3 heteroatoms. The van der Waals surface area contributed by atoms with Gasteiger partial charge in [0.2, 0.25) is 0 Å². The van der Waals surface area contributed by atoms with E-state index in [9.17, 15) is 0 Å². The molecule has 0 aromatic heterocycles. The fourth-order valence-corrected chi connectivity index (χ4v) is 4.07. The zero-order valence-electron chi connectivity index (χ0n) is 10.4. The van der Waals surface area contributed by atoms with Crippen LogP contribution in [0.5, 0.6) is 0 Å². The molecular weight excluding hydrogens is 198 g/mol. The zero-order chi connectivity index (χ0) is 11.2. The van der Waals surface area contributed by atoms with Crippen molar-refractivity contribution in [2.45, 2.75) is 32.2 Å². The van der Waals surface area contributed by atoms with Gasteiger partial charge in [0, 0.05) is 32.2 Å². The van der Waals surface area contributed by atoms with Crippen molar-refractivity contribution in [2.75, 3.05) is 32.7 Å². The highest BCUT2D eigenvalue weighted by Crippen LogP contribution is 2.38. The van der Waals surface area contributed by atoms with Crippen LogP contribution in [0.3, 0.4) is 0 Å². The summed E-state index contributed by atoms with van der Waals surface area (Å²) in [5.74, 6) is 1.71. The average Bonchev–Trinajstić information content (AvgIpc) is 2.88. The summed E-state index contributed by atoms with van der Waals surface area (Å²) in [6.45, 7) is 8.69. The summed E-state index contributed by atoms with van der Waals surface area (Å²) < 4.78 is 0. The molecule has 3 rings (SSSR count). The van der Waals surface area contributed by atoms with Crippen LogP contribution in [-0.2, 0) is 0 Å². The highest BCUT2D eigenvalue weighted by atomic mass is 15.2. The number of likely N-dealkylation sites (tertiary alicyclic amines) is 1. The number of hydrogen-bond acceptors (Lipinski definition) is 3. The molecule has 1 saturated carbocycles. The van der Waals surface area contributed by atoms with Crippen molar-refractivity contribution in [1.29, 1.82) is 0 Å². The minimum atomic E-state index is 0.490. The standard InChI is InChI=1S/C13H25N3/c1-13(4-5-15-8-13)9-16-6-10-2-3-12(14)11(10)7-16/h10-12,15H,2-9,14H2,1H3. The Hall–Kier alpha value is -0.120. The van der Waals surface area contributed by atoms with Crippen LogP contribution in [0.2, 0.25) is 0 Å². The predicted molar refractivity (Wildman–Crippen MR) is 66.2 cm³/mol. The minimum absolute atomic E-state index is 0.490. The molecule has 4 unspecified atom stereocenters. The third-order valence-corrected chi connectivity index (χ3v) is 5.05. The average molecular weight is 223 g/mol. The fraction of sp³-hybridized carbons (Fsp3) is 1.00. The molecule has 3 fully saturated rings. The molecule has 0 bridgehead atoms. The van der Waals surface area contributed by atoms with Gasteiger partial charge in [-0.05, 0) is 43.1 Å². The molecule has 0 spiro atoms. The van der Waals surface area contributed by atoms with Gasteiger partial charge in [-0.3, -0.25) is 0 Å². The predicted octanol–water partition coefficient (Wildman–Crippen LogP) is 0.655. The van der Waals surface area contributed by atoms with Crippen molar-refractivity contribution < 1.29 is 0 Å². The second-order valence-electron chi connectivity index (χ2n) is 6.60. The first kappa shape index (κ1) is 11.0. The number of rotatable bonds is 2. The van der Waals surface area contributed by atoms with E-state index in [0.29, 0.717) is 11.5 Å². The molecule has 2 aliphatic heterocycles. The van der Waals surface area contributed by atoms with E-state index < -0.39 is 0 Å². The maximum atomic E-state index is 6.18. The van der Waals surface area contributed by atoms with Gasteiger partial charge in [-0.25, -0.2) is 0 Å². The SMILES string of the molecule is CC1(CN2CC3CCC(N)C3C2)CCNC1. The highest BCUT2D eigenvalue weighted by molar-refractivity contribution is 4.97. The Morgan fingerprint density at radius 2 is 2.25 bits per heavy atom. The topological polar surface area (TPSA) is 41.3 Å². The van der Waals surface area contributed by atoms with Crippen LogP contribution >= 0.6 is 0 Å². The van der Waals surface area contributed by atoms with Gasteiger partial charge in [-0.2, -0.15) is 0 Å². The maximum Gasteiger partial charge on any atom is 0.00826 e. The number of hydrogen-bond donors (Lipinski definition) is 2. The van der Waals surface area contributed by atoms with E-state index in [1.165, 1.54) is 52.0 Å². The molecule has 3 nitrogen and oxygen atoms in total. The van der Waals surface area contributed by atoms with Gasteiger partial charge < -0.3 is 16.0 Å². The summed E-state index contributed by atoms with van der Waals surface area (Å²) in [6.07, 6.45) is 3.98. The lowest BCUT2D eigenvalue weighted by atomic mass is 9.89. The van der Waals surface area contributed by atoms with Crippen molar-refractivity contribution in [3.63, 3.8) is 0 Å². The molecule has 2 saturated heterocycles. The van der Waals surface area contributed by atoms with Gasteiger partial charge in [0.15, 0.2) is 0 Å². The summed E-state index contributed by atoms with van der Waals surface area (Å²) >= 11 is 0. The van der Waals surface area contributed by atoms with Crippen molar-refractivity contribution in [3.05, 3.63) is 0 Å². The first-order valence-corrected chi connectivity index (χ1v) is 6.85. The number of nitrogens with two attached hydrogens (primary N) is 1. The summed E-state index contributed by atoms with van der Waals surface area (Å²) in [5.41, 5.74) is 6.70. The van der Waals surface area contributed by atoms with E-state index in [4.69, 9.17) is 5.73 Å². The van der Waals surface area contributed by atoms with E-state index in [2.05, 4.69) is 17.1 Å². The van der Waals surface area contributed by atoms with E-state index in [1.54, 1.807) is 0 Å². The van der Waals surface area contributed by atoms with Crippen LogP contribution in [0.1, 0.15) is 26.2 Å². The monoisotopic (exact) mass is 223 g/mol. The number of nitrogens with zero attached hydrogens (tertiary/aromatic N) is 1. The van der Waals surface area contributed by atoms with Crippen LogP contribution in [0.25, 0.3) is 0 Å². The van der Waals surface area contributed by atoms with Crippen LogP contribution in [0.4, 0.5) is 0 Å². The lowest BCUT2D eigenvalue weighted by Gasteiger charge is -2.29. The fourth-order valence-electron chi connectivity index (χ4n) is 4.07. The lowest BCUT2D eigenvalue weighted by Crippen LogP contribution is -2.38. The van der Waals surface area contributed by atoms with E-state index in [1.807, 2.05) is 0 Å². The van der Waals surface area contributed by atoms with Gasteiger partial charge in [0.05, 0.1) is 0 Å². The number of nitrogens with one attached hydrogen (secondary N) is 1. The van der Waals surface area contributed by atoms with Crippen molar-refractivity contribution in [3.8, 4) is 0 Å². The van der Waals surface area contributed by atoms with Crippen LogP contribution in [0.15, 0.2) is 0 Å².